The van der Waals surface area contributed by atoms with Gasteiger partial charge in [-0.3, -0.25) is 0 Å². The van der Waals surface area contributed by atoms with Crippen LogP contribution in [0.1, 0.15) is 6.92 Å². The number of nitrogens with zero attached hydrogens (tertiary/aromatic N) is 2. The lowest BCUT2D eigenvalue weighted by Gasteiger charge is -2.16. The van der Waals surface area contributed by atoms with Crippen molar-refractivity contribution in [3.8, 4) is 23.1 Å². The standard InChI is InChI=1S/C26H26N2O3/c1-19(30-26-16-9-20-17-21(28(2)3)10-15-25(20)27-26)18-29-22-11-13-24(14-12-22)31-23-7-5-4-6-8-23/h4-17,19H,18H2,1-3H3. The van der Waals surface area contributed by atoms with Crippen molar-refractivity contribution >= 4 is 16.6 Å². The zero-order valence-electron chi connectivity index (χ0n) is 18.0. The van der Waals surface area contributed by atoms with Crippen LogP contribution in [0.2, 0.25) is 0 Å². The van der Waals surface area contributed by atoms with Crippen molar-refractivity contribution in [1.29, 1.82) is 0 Å². The van der Waals surface area contributed by atoms with Crippen LogP contribution in [0, 0.1) is 0 Å². The molecule has 3 aromatic carbocycles. The quantitative estimate of drug-likeness (QED) is 0.357. The highest BCUT2D eigenvalue weighted by Gasteiger charge is 2.08. The first kappa shape index (κ1) is 20.5. The second-order valence-electron chi connectivity index (χ2n) is 7.55. The van der Waals surface area contributed by atoms with Gasteiger partial charge in [0.15, 0.2) is 0 Å². The Labute approximate surface area is 182 Å². The Balaban J connectivity index is 1.31. The Hall–Kier alpha value is -3.73. The van der Waals surface area contributed by atoms with Gasteiger partial charge < -0.3 is 19.1 Å². The van der Waals surface area contributed by atoms with Gasteiger partial charge in [-0.1, -0.05) is 18.2 Å². The monoisotopic (exact) mass is 414 g/mol. The highest BCUT2D eigenvalue weighted by Crippen LogP contribution is 2.24. The van der Waals surface area contributed by atoms with E-state index < -0.39 is 0 Å². The minimum atomic E-state index is -0.147. The molecule has 0 saturated heterocycles. The van der Waals surface area contributed by atoms with Gasteiger partial charge in [-0.05, 0) is 67.6 Å². The summed E-state index contributed by atoms with van der Waals surface area (Å²) in [6.07, 6.45) is -0.147. The molecule has 0 spiro atoms. The van der Waals surface area contributed by atoms with E-state index in [-0.39, 0.29) is 6.10 Å². The molecule has 5 nitrogen and oxygen atoms in total. The lowest BCUT2D eigenvalue weighted by atomic mass is 10.2. The SMILES string of the molecule is CC(COc1ccc(Oc2ccccc2)cc1)Oc1ccc2cc(N(C)C)ccc2n1. The van der Waals surface area contributed by atoms with Crippen molar-refractivity contribution in [2.45, 2.75) is 13.0 Å². The maximum atomic E-state index is 5.95. The summed E-state index contributed by atoms with van der Waals surface area (Å²) in [4.78, 5) is 6.68. The van der Waals surface area contributed by atoms with Crippen molar-refractivity contribution in [3.05, 3.63) is 84.9 Å². The maximum Gasteiger partial charge on any atom is 0.214 e. The van der Waals surface area contributed by atoms with Gasteiger partial charge >= 0.3 is 0 Å². The zero-order chi connectivity index (χ0) is 21.6. The van der Waals surface area contributed by atoms with Crippen LogP contribution in [-0.2, 0) is 0 Å². The predicted octanol–water partition coefficient (Wildman–Crippen LogP) is 5.94. The van der Waals surface area contributed by atoms with Gasteiger partial charge in [0.05, 0.1) is 5.52 Å². The van der Waals surface area contributed by atoms with E-state index in [1.54, 1.807) is 0 Å². The molecular formula is C26H26N2O3. The van der Waals surface area contributed by atoms with E-state index in [0.29, 0.717) is 12.5 Å². The van der Waals surface area contributed by atoms with Gasteiger partial charge in [0, 0.05) is 31.2 Å². The van der Waals surface area contributed by atoms with E-state index in [4.69, 9.17) is 14.2 Å². The number of rotatable bonds is 8. The number of benzene rings is 3. The third kappa shape index (κ3) is 5.45. The third-order valence-corrected chi connectivity index (χ3v) is 4.77. The fraction of sp³-hybridized carbons (Fsp3) is 0.192. The van der Waals surface area contributed by atoms with Gasteiger partial charge in [0.2, 0.25) is 5.88 Å². The molecule has 0 bridgehead atoms. The van der Waals surface area contributed by atoms with E-state index in [2.05, 4.69) is 22.0 Å². The second-order valence-corrected chi connectivity index (χ2v) is 7.55. The van der Waals surface area contributed by atoms with Crippen LogP contribution in [-0.4, -0.2) is 31.8 Å². The Morgan fingerprint density at radius 3 is 2.26 bits per heavy atom. The van der Waals surface area contributed by atoms with Crippen LogP contribution in [0.5, 0.6) is 23.1 Å². The summed E-state index contributed by atoms with van der Waals surface area (Å²) >= 11 is 0. The van der Waals surface area contributed by atoms with Crippen LogP contribution in [0.4, 0.5) is 5.69 Å². The van der Waals surface area contributed by atoms with Gasteiger partial charge in [-0.25, -0.2) is 4.98 Å². The minimum absolute atomic E-state index is 0.147. The molecule has 158 valence electrons. The molecule has 0 aliphatic rings. The molecule has 4 aromatic rings. The van der Waals surface area contributed by atoms with Crippen LogP contribution in [0.15, 0.2) is 84.9 Å². The molecular weight excluding hydrogens is 388 g/mol. The Kier molecular flexibility index (Phi) is 6.22. The van der Waals surface area contributed by atoms with Crippen LogP contribution in [0.3, 0.4) is 0 Å². The van der Waals surface area contributed by atoms with Crippen LogP contribution < -0.4 is 19.1 Å². The first-order valence-electron chi connectivity index (χ1n) is 10.3. The van der Waals surface area contributed by atoms with Crippen molar-refractivity contribution in [1.82, 2.24) is 4.98 Å². The molecule has 0 aliphatic carbocycles. The van der Waals surface area contributed by atoms with Gasteiger partial charge in [-0.15, -0.1) is 0 Å². The van der Waals surface area contributed by atoms with Crippen molar-refractivity contribution in [2.24, 2.45) is 0 Å². The number of pyridine rings is 1. The average molecular weight is 415 g/mol. The Morgan fingerprint density at radius 2 is 1.52 bits per heavy atom. The van der Waals surface area contributed by atoms with E-state index in [0.717, 1.165) is 33.8 Å². The van der Waals surface area contributed by atoms with Crippen LogP contribution in [0.25, 0.3) is 10.9 Å². The summed E-state index contributed by atoms with van der Waals surface area (Å²) < 4.78 is 17.6. The first-order valence-corrected chi connectivity index (χ1v) is 10.3. The summed E-state index contributed by atoms with van der Waals surface area (Å²) in [5.74, 6) is 2.92. The molecule has 31 heavy (non-hydrogen) atoms. The lowest BCUT2D eigenvalue weighted by Crippen LogP contribution is -2.21. The minimum Gasteiger partial charge on any atom is -0.490 e. The molecule has 0 saturated carbocycles. The Bertz CT molecular complexity index is 1130. The summed E-state index contributed by atoms with van der Waals surface area (Å²) in [7, 11) is 4.05. The molecule has 1 aromatic heterocycles. The fourth-order valence-electron chi connectivity index (χ4n) is 3.12. The third-order valence-electron chi connectivity index (χ3n) is 4.77. The number of fused-ring (bicyclic) bond motifs is 1. The summed E-state index contributed by atoms with van der Waals surface area (Å²) in [5.41, 5.74) is 2.05. The molecule has 0 amide bonds. The molecule has 1 unspecified atom stereocenters. The average Bonchev–Trinajstić information content (AvgIpc) is 2.79. The predicted molar refractivity (Wildman–Crippen MR) is 125 cm³/mol. The number of hydrogen-bond acceptors (Lipinski definition) is 5. The smallest absolute Gasteiger partial charge is 0.214 e. The summed E-state index contributed by atoms with van der Waals surface area (Å²) in [5, 5.41) is 1.08. The molecule has 1 atom stereocenters. The number of hydrogen-bond donors (Lipinski definition) is 0. The Morgan fingerprint density at radius 1 is 0.806 bits per heavy atom. The molecule has 0 N–H and O–H groups in total. The van der Waals surface area contributed by atoms with Crippen molar-refractivity contribution in [2.75, 3.05) is 25.6 Å². The fourth-order valence-corrected chi connectivity index (χ4v) is 3.12. The van der Waals surface area contributed by atoms with Crippen molar-refractivity contribution < 1.29 is 14.2 Å². The van der Waals surface area contributed by atoms with Gasteiger partial charge in [-0.2, -0.15) is 0 Å². The largest absolute Gasteiger partial charge is 0.490 e. The van der Waals surface area contributed by atoms with E-state index in [1.807, 2.05) is 93.8 Å². The second kappa shape index (κ2) is 9.39. The highest BCUT2D eigenvalue weighted by molar-refractivity contribution is 5.83. The van der Waals surface area contributed by atoms with Gasteiger partial charge in [0.1, 0.15) is 30.0 Å². The van der Waals surface area contributed by atoms with E-state index >= 15 is 0 Å². The molecule has 5 heteroatoms. The highest BCUT2D eigenvalue weighted by atomic mass is 16.5. The number of aromatic nitrogens is 1. The molecule has 0 radical (unpaired) electrons. The summed E-state index contributed by atoms with van der Waals surface area (Å²) in [6, 6.07) is 27.4. The van der Waals surface area contributed by atoms with Gasteiger partial charge in [0.25, 0.3) is 0 Å². The molecule has 0 aliphatic heterocycles. The molecule has 0 fully saturated rings. The molecule has 4 rings (SSSR count). The van der Waals surface area contributed by atoms with Crippen LogP contribution >= 0.6 is 0 Å². The summed E-state index contributed by atoms with van der Waals surface area (Å²) in [6.45, 7) is 2.38. The number of para-hydroxylation sites is 1. The topological polar surface area (TPSA) is 43.8 Å². The van der Waals surface area contributed by atoms with Crippen molar-refractivity contribution in [3.63, 3.8) is 0 Å². The number of anilines is 1. The zero-order valence-corrected chi connectivity index (χ0v) is 18.0. The number of ether oxygens (including phenoxy) is 3. The first-order chi connectivity index (χ1) is 15.1. The molecule has 1 heterocycles. The normalized spacial score (nSPS) is 11.7. The van der Waals surface area contributed by atoms with E-state index in [1.165, 1.54) is 0 Å². The maximum absolute atomic E-state index is 5.95. The van der Waals surface area contributed by atoms with E-state index in [9.17, 15) is 0 Å². The lowest BCUT2D eigenvalue weighted by molar-refractivity contribution is 0.138.